The SMILES string of the molecule is CN(Cc1ccc(OCC2CCCN(C(=O)c3ccc4[nH]c5c(c4c3)CCCC5)C2)cc1)Cc1ccon1. The van der Waals surface area contributed by atoms with E-state index in [0.29, 0.717) is 12.5 Å². The highest BCUT2D eigenvalue weighted by Gasteiger charge is 2.26. The van der Waals surface area contributed by atoms with Crippen LogP contribution in [0.5, 0.6) is 5.75 Å². The summed E-state index contributed by atoms with van der Waals surface area (Å²) in [6.07, 6.45) is 8.40. The average Bonchev–Trinajstić information content (AvgIpc) is 3.59. The molecule has 38 heavy (non-hydrogen) atoms. The van der Waals surface area contributed by atoms with Crippen LogP contribution in [0.3, 0.4) is 0 Å². The van der Waals surface area contributed by atoms with Crippen molar-refractivity contribution in [2.24, 2.45) is 5.92 Å². The van der Waals surface area contributed by atoms with Gasteiger partial charge in [0, 0.05) is 60.3 Å². The Hall–Kier alpha value is -3.58. The topological polar surface area (TPSA) is 74.6 Å². The molecule has 1 aliphatic carbocycles. The minimum absolute atomic E-state index is 0.140. The largest absolute Gasteiger partial charge is 0.493 e. The predicted octanol–water partition coefficient (Wildman–Crippen LogP) is 5.60. The predicted molar refractivity (Wildman–Crippen MR) is 147 cm³/mol. The molecule has 0 radical (unpaired) electrons. The van der Waals surface area contributed by atoms with Gasteiger partial charge in [-0.3, -0.25) is 9.69 Å². The lowest BCUT2D eigenvalue weighted by Gasteiger charge is -2.32. The van der Waals surface area contributed by atoms with Crippen molar-refractivity contribution in [1.29, 1.82) is 0 Å². The summed E-state index contributed by atoms with van der Waals surface area (Å²) < 4.78 is 11.1. The van der Waals surface area contributed by atoms with Crippen molar-refractivity contribution >= 4 is 16.8 Å². The first-order valence-electron chi connectivity index (χ1n) is 13.8. The van der Waals surface area contributed by atoms with Crippen LogP contribution in [0.15, 0.2) is 59.3 Å². The second-order valence-electron chi connectivity index (χ2n) is 10.9. The third-order valence-electron chi connectivity index (χ3n) is 7.94. The number of fused-ring (bicyclic) bond motifs is 3. The highest BCUT2D eigenvalue weighted by molar-refractivity contribution is 5.99. The Balaban J connectivity index is 1.03. The molecule has 0 saturated carbocycles. The smallest absolute Gasteiger partial charge is 0.253 e. The normalized spacial score (nSPS) is 17.6. The number of ether oxygens (including phenoxy) is 1. The van der Waals surface area contributed by atoms with E-state index in [1.54, 1.807) is 6.26 Å². The molecule has 2 aliphatic rings. The van der Waals surface area contributed by atoms with Gasteiger partial charge in [0.2, 0.25) is 0 Å². The first-order chi connectivity index (χ1) is 18.6. The van der Waals surface area contributed by atoms with Crippen molar-refractivity contribution in [3.05, 3.63) is 82.9 Å². The monoisotopic (exact) mass is 512 g/mol. The highest BCUT2D eigenvalue weighted by Crippen LogP contribution is 2.30. The number of piperidine rings is 1. The molecule has 3 heterocycles. The zero-order chi connectivity index (χ0) is 25.9. The van der Waals surface area contributed by atoms with Gasteiger partial charge in [0.15, 0.2) is 0 Å². The Kier molecular flexibility index (Phi) is 7.18. The number of aromatic amines is 1. The summed E-state index contributed by atoms with van der Waals surface area (Å²) in [6, 6.07) is 16.4. The molecule has 1 N–H and O–H groups in total. The third-order valence-corrected chi connectivity index (χ3v) is 7.94. The number of hydrogen-bond donors (Lipinski definition) is 1. The van der Waals surface area contributed by atoms with Crippen molar-refractivity contribution in [2.45, 2.75) is 51.6 Å². The number of aryl methyl sites for hydroxylation is 2. The zero-order valence-electron chi connectivity index (χ0n) is 22.1. The van der Waals surface area contributed by atoms with E-state index < -0.39 is 0 Å². The maximum atomic E-state index is 13.4. The molecule has 1 atom stereocenters. The standard InChI is InChI=1S/C31H36N4O3/c1-34(20-25-14-16-38-33-25)18-22-8-11-26(12-9-22)37-21-23-5-4-15-35(19-23)31(36)24-10-13-30-28(17-24)27-6-2-3-7-29(27)32-30/h8-14,16-17,23,32H,2-7,15,18-21H2,1H3. The van der Waals surface area contributed by atoms with E-state index in [1.807, 2.05) is 29.2 Å². The Morgan fingerprint density at radius 3 is 2.82 bits per heavy atom. The van der Waals surface area contributed by atoms with E-state index in [4.69, 9.17) is 9.26 Å². The number of carbonyl (C=O) groups is 1. The van der Waals surface area contributed by atoms with E-state index in [2.05, 4.69) is 46.4 Å². The lowest BCUT2D eigenvalue weighted by Crippen LogP contribution is -2.41. The number of likely N-dealkylation sites (tertiary alicyclic amines) is 1. The Morgan fingerprint density at radius 2 is 1.97 bits per heavy atom. The molecule has 1 fully saturated rings. The molecule has 0 spiro atoms. The second-order valence-corrected chi connectivity index (χ2v) is 10.9. The molecule has 1 saturated heterocycles. The van der Waals surface area contributed by atoms with Crippen LogP contribution in [-0.2, 0) is 25.9 Å². The molecular weight excluding hydrogens is 476 g/mol. The number of rotatable bonds is 8. The van der Waals surface area contributed by atoms with Gasteiger partial charge in [0.05, 0.1) is 12.3 Å². The molecule has 2 aromatic heterocycles. The molecule has 7 nitrogen and oxygen atoms in total. The summed E-state index contributed by atoms with van der Waals surface area (Å²) in [7, 11) is 2.07. The number of carbonyl (C=O) groups excluding carboxylic acids is 1. The van der Waals surface area contributed by atoms with Crippen molar-refractivity contribution < 1.29 is 14.1 Å². The molecule has 4 aromatic rings. The number of hydrogen-bond acceptors (Lipinski definition) is 5. The van der Waals surface area contributed by atoms with Crippen molar-refractivity contribution in [3.8, 4) is 5.75 Å². The second kappa shape index (κ2) is 11.0. The first-order valence-corrected chi connectivity index (χ1v) is 13.8. The Morgan fingerprint density at radius 1 is 1.11 bits per heavy atom. The highest BCUT2D eigenvalue weighted by atomic mass is 16.5. The lowest BCUT2D eigenvalue weighted by atomic mass is 9.94. The number of H-pyrrole nitrogens is 1. The van der Waals surface area contributed by atoms with E-state index in [-0.39, 0.29) is 5.91 Å². The van der Waals surface area contributed by atoms with Gasteiger partial charge in [0.25, 0.3) is 5.91 Å². The Bertz CT molecular complexity index is 1380. The van der Waals surface area contributed by atoms with Gasteiger partial charge >= 0.3 is 0 Å². The number of amides is 1. The number of nitrogens with one attached hydrogen (secondary N) is 1. The molecular formula is C31H36N4O3. The third kappa shape index (κ3) is 5.48. The summed E-state index contributed by atoms with van der Waals surface area (Å²) in [5.74, 6) is 1.35. The van der Waals surface area contributed by atoms with Crippen LogP contribution in [0, 0.1) is 5.92 Å². The van der Waals surface area contributed by atoms with E-state index in [9.17, 15) is 4.79 Å². The van der Waals surface area contributed by atoms with Gasteiger partial charge < -0.3 is 19.1 Å². The van der Waals surface area contributed by atoms with Crippen LogP contribution in [0.4, 0.5) is 0 Å². The van der Waals surface area contributed by atoms with Crippen LogP contribution in [0.1, 0.15) is 58.6 Å². The first kappa shape index (κ1) is 24.7. The molecule has 2 aromatic carbocycles. The van der Waals surface area contributed by atoms with Gasteiger partial charge in [-0.25, -0.2) is 0 Å². The maximum Gasteiger partial charge on any atom is 0.253 e. The molecule has 1 aliphatic heterocycles. The maximum absolute atomic E-state index is 13.4. The summed E-state index contributed by atoms with van der Waals surface area (Å²) in [6.45, 7) is 3.75. The minimum Gasteiger partial charge on any atom is -0.493 e. The van der Waals surface area contributed by atoms with Crippen LogP contribution in [0.25, 0.3) is 10.9 Å². The molecule has 198 valence electrons. The van der Waals surface area contributed by atoms with Crippen molar-refractivity contribution in [1.82, 2.24) is 19.9 Å². The van der Waals surface area contributed by atoms with Crippen molar-refractivity contribution in [3.63, 3.8) is 0 Å². The zero-order valence-corrected chi connectivity index (χ0v) is 22.1. The van der Waals surface area contributed by atoms with Gasteiger partial charge in [-0.05, 0) is 87.0 Å². The van der Waals surface area contributed by atoms with Crippen LogP contribution in [-0.4, -0.2) is 52.6 Å². The molecule has 6 rings (SSSR count). The van der Waals surface area contributed by atoms with Crippen LogP contribution in [0.2, 0.25) is 0 Å². The minimum atomic E-state index is 0.140. The van der Waals surface area contributed by atoms with Gasteiger partial charge in [-0.2, -0.15) is 0 Å². The summed E-state index contributed by atoms with van der Waals surface area (Å²) in [4.78, 5) is 21.2. The molecule has 1 amide bonds. The fourth-order valence-electron chi connectivity index (χ4n) is 5.98. The van der Waals surface area contributed by atoms with E-state index >= 15 is 0 Å². The Labute approximate surface area is 223 Å². The fourth-order valence-corrected chi connectivity index (χ4v) is 5.98. The van der Waals surface area contributed by atoms with Crippen LogP contribution < -0.4 is 4.74 Å². The van der Waals surface area contributed by atoms with Gasteiger partial charge in [-0.15, -0.1) is 0 Å². The van der Waals surface area contributed by atoms with E-state index in [1.165, 1.54) is 35.0 Å². The number of benzene rings is 2. The van der Waals surface area contributed by atoms with Gasteiger partial charge in [0.1, 0.15) is 12.0 Å². The molecule has 1 unspecified atom stereocenters. The van der Waals surface area contributed by atoms with E-state index in [0.717, 1.165) is 74.4 Å². The summed E-state index contributed by atoms with van der Waals surface area (Å²) in [5, 5.41) is 5.21. The quantitative estimate of drug-likeness (QED) is 0.333. The van der Waals surface area contributed by atoms with Crippen molar-refractivity contribution in [2.75, 3.05) is 26.7 Å². The summed E-state index contributed by atoms with van der Waals surface area (Å²) >= 11 is 0. The summed E-state index contributed by atoms with van der Waals surface area (Å²) in [5.41, 5.74) is 6.88. The molecule has 7 heteroatoms. The van der Waals surface area contributed by atoms with Crippen LogP contribution >= 0.6 is 0 Å². The average molecular weight is 513 g/mol. The number of aromatic nitrogens is 2. The number of nitrogens with zero attached hydrogens (tertiary/aromatic N) is 3. The lowest BCUT2D eigenvalue weighted by molar-refractivity contribution is 0.0633. The fraction of sp³-hybridized carbons (Fsp3) is 0.419. The molecule has 0 bridgehead atoms. The van der Waals surface area contributed by atoms with Gasteiger partial charge in [-0.1, -0.05) is 17.3 Å².